The quantitative estimate of drug-likeness (QED) is 0.473. The van der Waals surface area contributed by atoms with Gasteiger partial charge in [0, 0.05) is 23.4 Å². The third kappa shape index (κ3) is 5.19. The largest absolute Gasteiger partial charge is 0.497 e. The first-order valence-electron chi connectivity index (χ1n) is 11.9. The SMILES string of the molecule is COc1ccc([C@H](C(=O)NC2CCCC2)N(C(=O)c2ccoc2C)c2ccc(C)cc2)c(OC)c1. The highest BCUT2D eigenvalue weighted by Gasteiger charge is 2.37. The summed E-state index contributed by atoms with van der Waals surface area (Å²) < 4.78 is 16.5. The number of nitrogens with one attached hydrogen (secondary N) is 1. The lowest BCUT2D eigenvalue weighted by Gasteiger charge is -2.33. The molecule has 0 unspecified atom stereocenters. The summed E-state index contributed by atoms with van der Waals surface area (Å²) in [4.78, 5) is 29.5. The average Bonchev–Trinajstić information content (AvgIpc) is 3.54. The molecule has 4 rings (SSSR count). The van der Waals surface area contributed by atoms with Crippen molar-refractivity contribution in [3.63, 3.8) is 0 Å². The van der Waals surface area contributed by atoms with Crippen LogP contribution in [0.15, 0.2) is 59.2 Å². The number of anilines is 1. The summed E-state index contributed by atoms with van der Waals surface area (Å²) in [6.07, 6.45) is 5.50. The zero-order chi connectivity index (χ0) is 24.9. The molecule has 0 aliphatic heterocycles. The molecular formula is C28H32N2O5. The number of carbonyl (C=O) groups excluding carboxylic acids is 2. The van der Waals surface area contributed by atoms with E-state index in [1.165, 1.54) is 11.2 Å². The second-order valence-electron chi connectivity index (χ2n) is 8.90. The van der Waals surface area contributed by atoms with Crippen molar-refractivity contribution in [2.24, 2.45) is 0 Å². The highest BCUT2D eigenvalue weighted by Crippen LogP contribution is 2.37. The molecule has 0 spiro atoms. The highest BCUT2D eigenvalue weighted by atomic mass is 16.5. The molecule has 7 nitrogen and oxygen atoms in total. The Balaban J connectivity index is 1.88. The summed E-state index contributed by atoms with van der Waals surface area (Å²) >= 11 is 0. The van der Waals surface area contributed by atoms with Crippen LogP contribution >= 0.6 is 0 Å². The molecule has 1 atom stereocenters. The van der Waals surface area contributed by atoms with Crippen molar-refractivity contribution in [2.75, 3.05) is 19.1 Å². The minimum absolute atomic E-state index is 0.0832. The first kappa shape index (κ1) is 24.4. The van der Waals surface area contributed by atoms with Crippen LogP contribution in [0.25, 0.3) is 0 Å². The molecule has 35 heavy (non-hydrogen) atoms. The number of aryl methyl sites for hydroxylation is 2. The summed E-state index contributed by atoms with van der Waals surface area (Å²) in [6.45, 7) is 3.72. The maximum Gasteiger partial charge on any atom is 0.262 e. The number of rotatable bonds is 8. The fourth-order valence-corrected chi connectivity index (χ4v) is 4.62. The van der Waals surface area contributed by atoms with Gasteiger partial charge >= 0.3 is 0 Å². The highest BCUT2D eigenvalue weighted by molar-refractivity contribution is 6.10. The summed E-state index contributed by atoms with van der Waals surface area (Å²) in [5, 5.41) is 3.19. The van der Waals surface area contributed by atoms with Crippen LogP contribution in [0.3, 0.4) is 0 Å². The van der Waals surface area contributed by atoms with Gasteiger partial charge in [-0.15, -0.1) is 0 Å². The van der Waals surface area contributed by atoms with Gasteiger partial charge in [-0.05, 0) is 57.0 Å². The topological polar surface area (TPSA) is 81.0 Å². The van der Waals surface area contributed by atoms with Gasteiger partial charge in [0.15, 0.2) is 0 Å². The predicted octanol–water partition coefficient (Wildman–Crippen LogP) is 5.36. The van der Waals surface area contributed by atoms with Crippen molar-refractivity contribution in [2.45, 2.75) is 51.6 Å². The molecule has 184 valence electrons. The number of amides is 2. The van der Waals surface area contributed by atoms with Crippen LogP contribution in [0.2, 0.25) is 0 Å². The fourth-order valence-electron chi connectivity index (χ4n) is 4.62. The Kier molecular flexibility index (Phi) is 7.44. The van der Waals surface area contributed by atoms with Crippen LogP contribution < -0.4 is 19.7 Å². The molecule has 2 aromatic carbocycles. The molecule has 1 aliphatic rings. The number of nitrogens with zero attached hydrogens (tertiary/aromatic N) is 1. The van der Waals surface area contributed by atoms with Gasteiger partial charge in [0.2, 0.25) is 5.91 Å². The molecule has 1 N–H and O–H groups in total. The number of methoxy groups -OCH3 is 2. The number of hydrogen-bond donors (Lipinski definition) is 1. The Labute approximate surface area is 206 Å². The number of hydrogen-bond acceptors (Lipinski definition) is 5. The minimum Gasteiger partial charge on any atom is -0.497 e. The van der Waals surface area contributed by atoms with Gasteiger partial charge in [0.05, 0.1) is 26.0 Å². The predicted molar refractivity (Wildman–Crippen MR) is 134 cm³/mol. The summed E-state index contributed by atoms with van der Waals surface area (Å²) in [5.74, 6) is 0.966. The molecule has 1 aromatic heterocycles. The van der Waals surface area contributed by atoms with Gasteiger partial charge in [-0.1, -0.05) is 30.5 Å². The van der Waals surface area contributed by atoms with E-state index >= 15 is 0 Å². The van der Waals surface area contributed by atoms with Gasteiger partial charge in [0.1, 0.15) is 23.3 Å². The number of ether oxygens (including phenoxy) is 2. The lowest BCUT2D eigenvalue weighted by atomic mass is 9.99. The van der Waals surface area contributed by atoms with Crippen molar-refractivity contribution in [3.8, 4) is 11.5 Å². The Morgan fingerprint density at radius 3 is 2.31 bits per heavy atom. The molecule has 0 saturated heterocycles. The molecular weight excluding hydrogens is 444 g/mol. The third-order valence-corrected chi connectivity index (χ3v) is 6.56. The van der Waals surface area contributed by atoms with Crippen LogP contribution in [-0.2, 0) is 4.79 Å². The second kappa shape index (κ2) is 10.7. The van der Waals surface area contributed by atoms with E-state index in [1.807, 2.05) is 31.2 Å². The summed E-state index contributed by atoms with van der Waals surface area (Å²) in [6, 6.07) is 13.6. The lowest BCUT2D eigenvalue weighted by molar-refractivity contribution is -0.123. The fraction of sp³-hybridized carbons (Fsp3) is 0.357. The number of furan rings is 1. The Hall–Kier alpha value is -3.74. The summed E-state index contributed by atoms with van der Waals surface area (Å²) in [5.41, 5.74) is 2.62. The van der Waals surface area contributed by atoms with Crippen molar-refractivity contribution < 1.29 is 23.5 Å². The van der Waals surface area contributed by atoms with Crippen molar-refractivity contribution in [1.82, 2.24) is 5.32 Å². The van der Waals surface area contributed by atoms with Crippen molar-refractivity contribution >= 4 is 17.5 Å². The van der Waals surface area contributed by atoms with E-state index in [9.17, 15) is 9.59 Å². The van der Waals surface area contributed by atoms with Crippen LogP contribution in [-0.4, -0.2) is 32.1 Å². The van der Waals surface area contributed by atoms with Gasteiger partial charge in [-0.3, -0.25) is 14.5 Å². The normalized spacial score (nSPS) is 14.4. The first-order chi connectivity index (χ1) is 16.9. The van der Waals surface area contributed by atoms with Gasteiger partial charge in [0.25, 0.3) is 5.91 Å². The van der Waals surface area contributed by atoms with Crippen LogP contribution in [0, 0.1) is 13.8 Å². The Morgan fingerprint density at radius 1 is 1.00 bits per heavy atom. The minimum atomic E-state index is -0.971. The van der Waals surface area contributed by atoms with E-state index in [2.05, 4.69) is 5.32 Å². The molecule has 7 heteroatoms. The standard InChI is InChI=1S/C28H32N2O5/c1-18-9-11-21(12-10-18)30(28(32)23-15-16-35-19(23)2)26(27(31)29-20-7-5-6-8-20)24-14-13-22(33-3)17-25(24)34-4/h9-17,20,26H,5-8H2,1-4H3,(H,29,31)/t26-/m1/s1. The van der Waals surface area contributed by atoms with Crippen LogP contribution in [0.1, 0.15) is 59.0 Å². The Morgan fingerprint density at radius 2 is 1.71 bits per heavy atom. The molecule has 0 bridgehead atoms. The van der Waals surface area contributed by atoms with E-state index in [0.717, 1.165) is 31.2 Å². The maximum atomic E-state index is 14.0. The molecule has 0 radical (unpaired) electrons. The van der Waals surface area contributed by atoms with Gasteiger partial charge in [-0.25, -0.2) is 0 Å². The zero-order valence-corrected chi connectivity index (χ0v) is 20.7. The summed E-state index contributed by atoms with van der Waals surface area (Å²) in [7, 11) is 3.12. The van der Waals surface area contributed by atoms with E-state index < -0.39 is 6.04 Å². The third-order valence-electron chi connectivity index (χ3n) is 6.56. The second-order valence-corrected chi connectivity index (χ2v) is 8.90. The molecule has 2 amide bonds. The Bertz CT molecular complexity index is 1180. The van der Waals surface area contributed by atoms with Crippen molar-refractivity contribution in [1.29, 1.82) is 0 Å². The molecule has 1 aliphatic carbocycles. The van der Waals surface area contributed by atoms with Crippen LogP contribution in [0.4, 0.5) is 5.69 Å². The first-order valence-corrected chi connectivity index (χ1v) is 11.9. The van der Waals surface area contributed by atoms with E-state index in [4.69, 9.17) is 13.9 Å². The number of carbonyl (C=O) groups is 2. The van der Waals surface area contributed by atoms with E-state index in [-0.39, 0.29) is 17.9 Å². The molecule has 1 fully saturated rings. The van der Waals surface area contributed by atoms with Crippen LogP contribution in [0.5, 0.6) is 11.5 Å². The maximum absolute atomic E-state index is 14.0. The van der Waals surface area contributed by atoms with Gasteiger partial charge < -0.3 is 19.2 Å². The smallest absolute Gasteiger partial charge is 0.262 e. The molecule has 3 aromatic rings. The monoisotopic (exact) mass is 476 g/mol. The van der Waals surface area contributed by atoms with Crippen molar-refractivity contribution in [3.05, 3.63) is 77.2 Å². The van der Waals surface area contributed by atoms with E-state index in [0.29, 0.717) is 34.1 Å². The zero-order valence-electron chi connectivity index (χ0n) is 20.7. The molecule has 1 saturated carbocycles. The molecule has 1 heterocycles. The average molecular weight is 477 g/mol. The van der Waals surface area contributed by atoms with E-state index in [1.54, 1.807) is 45.4 Å². The lowest BCUT2D eigenvalue weighted by Crippen LogP contribution is -2.46. The number of benzene rings is 2. The van der Waals surface area contributed by atoms with Gasteiger partial charge in [-0.2, -0.15) is 0 Å².